The van der Waals surface area contributed by atoms with Crippen LogP contribution in [0.2, 0.25) is 0 Å². The fraction of sp³-hybridized carbons (Fsp3) is 0.902. The molecule has 4 saturated carbocycles. The van der Waals surface area contributed by atoms with Gasteiger partial charge in [-0.1, -0.05) is 91.2 Å². The predicted molar refractivity (Wildman–Crippen MR) is 187 cm³/mol. The van der Waals surface area contributed by atoms with Gasteiger partial charge in [-0.05, 0) is 99.5 Å². The molecule has 0 radical (unpaired) electrons. The summed E-state index contributed by atoms with van der Waals surface area (Å²) in [4.78, 5) is 33.3. The summed E-state index contributed by atoms with van der Waals surface area (Å²) in [6.45, 7) is 16.8. The lowest BCUT2D eigenvalue weighted by Crippen LogP contribution is -2.65. The molecule has 0 amide bonds. The third kappa shape index (κ3) is 4.94. The number of fused-ring (bicyclic) bond motifs is 2. The maximum atomic E-state index is 14.2. The Kier molecular flexibility index (Phi) is 9.57. The molecule has 7 rings (SSSR count). The van der Waals surface area contributed by atoms with Crippen LogP contribution < -0.4 is 0 Å². The zero-order valence-corrected chi connectivity index (χ0v) is 30.4. The molecule has 0 aromatic heterocycles. The van der Waals surface area contributed by atoms with Crippen molar-refractivity contribution in [3.8, 4) is 0 Å². The molecule has 5 aliphatic carbocycles. The fourth-order valence-electron chi connectivity index (χ4n) is 13.9. The molecule has 6 nitrogen and oxygen atoms in total. The van der Waals surface area contributed by atoms with E-state index in [1.54, 1.807) is 0 Å². The largest absolute Gasteiger partial charge is 0.481 e. The summed E-state index contributed by atoms with van der Waals surface area (Å²) in [5.41, 5.74) is -1.43. The van der Waals surface area contributed by atoms with E-state index in [1.165, 1.54) is 70.6 Å². The van der Waals surface area contributed by atoms with E-state index in [2.05, 4.69) is 50.5 Å². The molecule has 0 aromatic carbocycles. The molecule has 11 atom stereocenters. The Morgan fingerprint density at radius 1 is 1.06 bits per heavy atom. The Morgan fingerprint density at radius 2 is 1.83 bits per heavy atom. The van der Waals surface area contributed by atoms with Crippen LogP contribution in [0.25, 0.3) is 0 Å². The predicted octanol–water partition coefficient (Wildman–Crippen LogP) is 7.85. The van der Waals surface area contributed by atoms with Crippen molar-refractivity contribution in [2.75, 3.05) is 32.7 Å². The second kappa shape index (κ2) is 13.1. The first-order valence-electron chi connectivity index (χ1n) is 20.2. The van der Waals surface area contributed by atoms with Gasteiger partial charge < -0.3 is 14.6 Å². The molecule has 4 bridgehead atoms. The summed E-state index contributed by atoms with van der Waals surface area (Å²) < 4.78 is 7.54. The highest BCUT2D eigenvalue weighted by Crippen LogP contribution is 2.84. The number of rotatable bonds is 12. The van der Waals surface area contributed by atoms with E-state index in [4.69, 9.17) is 4.74 Å². The summed E-state index contributed by atoms with van der Waals surface area (Å²) >= 11 is 0. The second-order valence-electron chi connectivity index (χ2n) is 17.8. The monoisotopic (exact) mass is 651 g/mol. The highest BCUT2D eigenvalue weighted by Gasteiger charge is 2.86. The molecule has 7 aliphatic rings. The number of allylic oxidation sites excluding steroid dienone is 1. The number of carboxylic acid groups (broad SMARTS) is 1. The van der Waals surface area contributed by atoms with Crippen molar-refractivity contribution in [1.29, 1.82) is 0 Å². The molecular weight excluding hydrogens is 584 g/mol. The Labute approximate surface area is 285 Å². The summed E-state index contributed by atoms with van der Waals surface area (Å²) in [6, 6.07) is 0.725. The van der Waals surface area contributed by atoms with Crippen molar-refractivity contribution >= 4 is 12.3 Å². The maximum absolute atomic E-state index is 14.2. The van der Waals surface area contributed by atoms with Crippen LogP contribution in [-0.4, -0.2) is 78.1 Å². The van der Waals surface area contributed by atoms with Crippen LogP contribution in [0, 0.1) is 57.7 Å². The Hall–Kier alpha value is -1.24. The number of piperidine rings is 1. The van der Waals surface area contributed by atoms with Gasteiger partial charge >= 0.3 is 5.97 Å². The lowest BCUT2D eigenvalue weighted by Gasteiger charge is -2.60. The highest BCUT2D eigenvalue weighted by atomic mass is 16.5. The Balaban J connectivity index is 1.23. The molecule has 2 saturated heterocycles. The number of likely N-dealkylation sites (N-methyl/N-ethyl adjacent to an activating group) is 1. The first kappa shape index (κ1) is 34.2. The maximum Gasteiger partial charge on any atom is 0.315 e. The minimum absolute atomic E-state index is 0.103. The van der Waals surface area contributed by atoms with Gasteiger partial charge in [-0.2, -0.15) is 0 Å². The van der Waals surface area contributed by atoms with Crippen molar-refractivity contribution in [2.24, 2.45) is 57.7 Å². The third-order valence-corrected chi connectivity index (χ3v) is 15.9. The van der Waals surface area contributed by atoms with E-state index in [9.17, 15) is 14.7 Å². The lowest BCUT2D eigenvalue weighted by molar-refractivity contribution is -0.197. The van der Waals surface area contributed by atoms with E-state index >= 15 is 0 Å². The molecule has 47 heavy (non-hydrogen) atoms. The zero-order chi connectivity index (χ0) is 33.1. The Bertz CT molecular complexity index is 1200. The van der Waals surface area contributed by atoms with E-state index in [0.29, 0.717) is 30.1 Å². The Morgan fingerprint density at radius 3 is 2.51 bits per heavy atom. The normalized spacial score (nSPS) is 45.1. The van der Waals surface area contributed by atoms with Crippen molar-refractivity contribution in [3.05, 3.63) is 11.6 Å². The first-order valence-corrected chi connectivity index (χ1v) is 20.2. The number of aliphatic carboxylic acids is 1. The van der Waals surface area contributed by atoms with Crippen molar-refractivity contribution in [1.82, 2.24) is 9.80 Å². The fourth-order valence-corrected chi connectivity index (χ4v) is 13.9. The highest BCUT2D eigenvalue weighted by molar-refractivity contribution is 5.90. The lowest BCUT2D eigenvalue weighted by atomic mass is 9.41. The van der Waals surface area contributed by atoms with Gasteiger partial charge in [0.05, 0.1) is 17.6 Å². The molecule has 2 heterocycles. The molecule has 6 heteroatoms. The van der Waals surface area contributed by atoms with E-state index in [1.807, 2.05) is 0 Å². The summed E-state index contributed by atoms with van der Waals surface area (Å²) in [7, 11) is 0. The van der Waals surface area contributed by atoms with E-state index < -0.39 is 22.2 Å². The standard InChI is InChI=1S/C41H66N2O4/c1-6-31-15-11-12-18-43(31)20-19-42(7-2)25-36-32(29-13-9-8-10-14-29)22-37(47-36)40-24-33-28(5)16-17-34(33)39(26-44)23-30(40)21-35(27(3)4)41(39,40)38(45)46/h21,26-34,36-37H,6-20,22-25H2,1-5H3,(H,45,46)/t28-,30?,31?,32+,33-,34-,36+,37-,39?,40?,41+/m1/s1. The van der Waals surface area contributed by atoms with E-state index in [0.717, 1.165) is 63.5 Å². The van der Waals surface area contributed by atoms with Crippen LogP contribution in [0.3, 0.4) is 0 Å². The van der Waals surface area contributed by atoms with Crippen molar-refractivity contribution in [3.63, 3.8) is 0 Å². The number of carbonyl (C=O) groups excluding carboxylic acids is 1. The number of carboxylic acids is 1. The molecule has 2 aliphatic heterocycles. The van der Waals surface area contributed by atoms with Crippen LogP contribution in [0.1, 0.15) is 125 Å². The number of hydrogen-bond donors (Lipinski definition) is 1. The molecule has 6 fully saturated rings. The number of ether oxygens (including phenoxy) is 1. The summed E-state index contributed by atoms with van der Waals surface area (Å²) in [5, 5.41) is 11.7. The van der Waals surface area contributed by atoms with Gasteiger partial charge in [-0.25, -0.2) is 0 Å². The average molecular weight is 651 g/mol. The van der Waals surface area contributed by atoms with Crippen LogP contribution in [0.15, 0.2) is 11.6 Å². The minimum Gasteiger partial charge on any atom is -0.481 e. The van der Waals surface area contributed by atoms with Crippen LogP contribution >= 0.6 is 0 Å². The minimum atomic E-state index is -1.14. The average Bonchev–Trinajstić information content (AvgIpc) is 3.80. The molecule has 0 spiro atoms. The molecule has 4 unspecified atom stereocenters. The number of nitrogens with zero attached hydrogens (tertiary/aromatic N) is 2. The number of hydrogen-bond acceptors (Lipinski definition) is 5. The van der Waals surface area contributed by atoms with E-state index in [-0.39, 0.29) is 30.0 Å². The quantitative estimate of drug-likeness (QED) is 0.171. The van der Waals surface area contributed by atoms with Crippen LogP contribution in [0.5, 0.6) is 0 Å². The zero-order valence-electron chi connectivity index (χ0n) is 30.4. The van der Waals surface area contributed by atoms with Gasteiger partial charge in [0, 0.05) is 31.1 Å². The number of aldehydes is 1. The van der Waals surface area contributed by atoms with Crippen LogP contribution in [0.4, 0.5) is 0 Å². The summed E-state index contributed by atoms with van der Waals surface area (Å²) in [5.74, 6) is 1.75. The number of carbonyl (C=O) groups is 2. The van der Waals surface area contributed by atoms with Gasteiger partial charge in [0.1, 0.15) is 11.7 Å². The van der Waals surface area contributed by atoms with Gasteiger partial charge in [0.25, 0.3) is 0 Å². The first-order chi connectivity index (χ1) is 22.7. The second-order valence-corrected chi connectivity index (χ2v) is 17.8. The van der Waals surface area contributed by atoms with Crippen LogP contribution in [-0.2, 0) is 14.3 Å². The van der Waals surface area contributed by atoms with Gasteiger partial charge in [0.2, 0.25) is 0 Å². The smallest absolute Gasteiger partial charge is 0.315 e. The molecule has 0 aromatic rings. The van der Waals surface area contributed by atoms with Gasteiger partial charge in [0.15, 0.2) is 0 Å². The van der Waals surface area contributed by atoms with Gasteiger partial charge in [-0.3, -0.25) is 14.6 Å². The van der Waals surface area contributed by atoms with Crippen molar-refractivity contribution in [2.45, 2.75) is 143 Å². The van der Waals surface area contributed by atoms with Crippen molar-refractivity contribution < 1.29 is 19.4 Å². The third-order valence-electron chi connectivity index (χ3n) is 15.9. The molecule has 264 valence electrons. The summed E-state index contributed by atoms with van der Waals surface area (Å²) in [6.07, 6.45) is 20.1. The molecule has 1 N–H and O–H groups in total. The topological polar surface area (TPSA) is 70.1 Å². The number of likely N-dealkylation sites (tertiary alicyclic amines) is 1. The van der Waals surface area contributed by atoms with Gasteiger partial charge in [-0.15, -0.1) is 0 Å². The molecular formula is C41H66N2O4. The SMILES string of the molecule is CCC1CCCCN1CCN(CC)C[C@@H]1O[C@@H](C23C[C@@H]4[C@H](C)CC[C@H]4C4(C=O)CC2C=C(C(C)C)[C@]43C(=O)O)C[C@H]1C1CCCCC1.